The second-order valence-electron chi connectivity index (χ2n) is 7.66. The molecule has 148 valence electrons. The number of hydrogen-bond donors (Lipinski definition) is 2. The number of nitrogens with two attached hydrogens (primary N) is 1. The fourth-order valence-corrected chi connectivity index (χ4v) is 4.05. The topological polar surface area (TPSA) is 85.8 Å². The van der Waals surface area contributed by atoms with Crippen LogP contribution in [0.2, 0.25) is 0 Å². The van der Waals surface area contributed by atoms with Gasteiger partial charge in [-0.1, -0.05) is 30.3 Å². The van der Waals surface area contributed by atoms with Gasteiger partial charge in [-0.25, -0.2) is 9.97 Å². The number of fused-ring (bicyclic) bond motifs is 2. The van der Waals surface area contributed by atoms with Crippen LogP contribution in [0, 0.1) is 0 Å². The first-order valence-electron chi connectivity index (χ1n) is 9.80. The molecule has 1 amide bonds. The third kappa shape index (κ3) is 2.93. The molecular formula is C24H21N5O. The molecule has 1 aliphatic heterocycles. The second kappa shape index (κ2) is 6.84. The van der Waals surface area contributed by atoms with Gasteiger partial charge < -0.3 is 11.1 Å². The maximum Gasteiger partial charge on any atom is 0.248 e. The Kier molecular flexibility index (Phi) is 4.13. The van der Waals surface area contributed by atoms with Gasteiger partial charge in [0.05, 0.1) is 6.33 Å². The van der Waals surface area contributed by atoms with Gasteiger partial charge >= 0.3 is 0 Å². The van der Waals surface area contributed by atoms with Gasteiger partial charge in [-0.05, 0) is 66.5 Å². The zero-order valence-electron chi connectivity index (χ0n) is 16.5. The lowest BCUT2D eigenvalue weighted by Gasteiger charge is -2.39. The smallest absolute Gasteiger partial charge is 0.248 e. The highest BCUT2D eigenvalue weighted by atomic mass is 16.1. The average Bonchev–Trinajstić information content (AvgIpc) is 3.19. The number of nitrogens with one attached hydrogen (secondary N) is 1. The number of imidazole rings is 1. The first kappa shape index (κ1) is 18.1. The molecule has 0 fully saturated rings. The van der Waals surface area contributed by atoms with Crippen LogP contribution in [0.25, 0.3) is 17.2 Å². The van der Waals surface area contributed by atoms with E-state index in [9.17, 15) is 4.79 Å². The molecule has 0 radical (unpaired) electrons. The largest absolute Gasteiger partial charge is 0.366 e. The van der Waals surface area contributed by atoms with E-state index >= 15 is 0 Å². The molecule has 3 heterocycles. The second-order valence-corrected chi connectivity index (χ2v) is 7.66. The number of carbonyl (C=O) groups excluding carboxylic acids is 1. The lowest BCUT2D eigenvalue weighted by Crippen LogP contribution is -2.42. The molecule has 4 aromatic rings. The SMILES string of the molecule is CC1(n2cnc3cccnc32)Nc2ccc(C(N)=O)cc2C=C1Cc1ccccc1. The average molecular weight is 395 g/mol. The molecule has 0 saturated carbocycles. The molecule has 0 saturated heterocycles. The van der Waals surface area contributed by atoms with Gasteiger partial charge in [0.2, 0.25) is 5.91 Å². The molecule has 2 aromatic heterocycles. The highest BCUT2D eigenvalue weighted by Crippen LogP contribution is 2.39. The lowest BCUT2D eigenvalue weighted by atomic mass is 9.87. The summed E-state index contributed by atoms with van der Waals surface area (Å²) in [6.07, 6.45) is 6.48. The summed E-state index contributed by atoms with van der Waals surface area (Å²) in [5.41, 5.74) is 11.3. The molecule has 1 unspecified atom stereocenters. The van der Waals surface area contributed by atoms with Crippen LogP contribution in [0.15, 0.2) is 78.8 Å². The molecule has 6 heteroatoms. The molecule has 0 aliphatic carbocycles. The van der Waals surface area contributed by atoms with Gasteiger partial charge in [-0.15, -0.1) is 0 Å². The minimum absolute atomic E-state index is 0.436. The summed E-state index contributed by atoms with van der Waals surface area (Å²) >= 11 is 0. The Labute approximate surface area is 174 Å². The van der Waals surface area contributed by atoms with E-state index in [1.54, 1.807) is 12.3 Å². The van der Waals surface area contributed by atoms with Gasteiger partial charge in [0.15, 0.2) is 5.65 Å². The highest BCUT2D eigenvalue weighted by Gasteiger charge is 2.36. The summed E-state index contributed by atoms with van der Waals surface area (Å²) in [6.45, 7) is 2.13. The van der Waals surface area contributed by atoms with E-state index in [1.165, 1.54) is 5.56 Å². The van der Waals surface area contributed by atoms with Crippen LogP contribution >= 0.6 is 0 Å². The van der Waals surface area contributed by atoms with E-state index in [2.05, 4.69) is 45.0 Å². The van der Waals surface area contributed by atoms with Crippen molar-refractivity contribution in [3.05, 3.63) is 95.5 Å². The van der Waals surface area contributed by atoms with Crippen LogP contribution in [0.3, 0.4) is 0 Å². The normalized spacial score (nSPS) is 17.8. The highest BCUT2D eigenvalue weighted by molar-refractivity contribution is 5.94. The number of aromatic nitrogens is 3. The number of rotatable bonds is 4. The maximum atomic E-state index is 11.7. The predicted molar refractivity (Wildman–Crippen MR) is 118 cm³/mol. The van der Waals surface area contributed by atoms with Crippen molar-refractivity contribution >= 4 is 28.8 Å². The van der Waals surface area contributed by atoms with E-state index in [4.69, 9.17) is 5.73 Å². The first-order valence-corrected chi connectivity index (χ1v) is 9.80. The summed E-state index contributed by atoms with van der Waals surface area (Å²) in [4.78, 5) is 20.8. The standard InChI is InChI=1S/C24H21N5O/c1-24(29-15-27-21-8-5-11-26-23(21)29)19(12-16-6-3-2-4-7-16)14-18-13-17(22(25)30)9-10-20(18)28-24/h2-11,13-15,28H,12H2,1H3,(H2,25,30). The van der Waals surface area contributed by atoms with Crippen LogP contribution in [-0.2, 0) is 12.1 Å². The molecule has 5 rings (SSSR count). The quantitative estimate of drug-likeness (QED) is 0.548. The number of hydrogen-bond acceptors (Lipinski definition) is 4. The molecule has 1 atom stereocenters. The van der Waals surface area contributed by atoms with Gasteiger partial charge in [-0.3, -0.25) is 9.36 Å². The van der Waals surface area contributed by atoms with E-state index in [0.717, 1.165) is 34.4 Å². The van der Waals surface area contributed by atoms with Crippen molar-refractivity contribution in [1.29, 1.82) is 0 Å². The lowest BCUT2D eigenvalue weighted by molar-refractivity contribution is 0.100. The fourth-order valence-electron chi connectivity index (χ4n) is 4.05. The van der Waals surface area contributed by atoms with Gasteiger partial charge in [0.25, 0.3) is 0 Å². The molecule has 6 nitrogen and oxygen atoms in total. The van der Waals surface area contributed by atoms with Crippen molar-refractivity contribution < 1.29 is 4.79 Å². The Morgan fingerprint density at radius 2 is 1.93 bits per heavy atom. The molecular weight excluding hydrogens is 374 g/mol. The van der Waals surface area contributed by atoms with E-state index in [-0.39, 0.29) is 0 Å². The number of anilines is 1. The Hall–Kier alpha value is -3.93. The Balaban J connectivity index is 1.69. The van der Waals surface area contributed by atoms with E-state index in [0.29, 0.717) is 5.56 Å². The van der Waals surface area contributed by atoms with Crippen LogP contribution in [0.5, 0.6) is 0 Å². The van der Waals surface area contributed by atoms with Crippen LogP contribution in [0.4, 0.5) is 5.69 Å². The Bertz CT molecular complexity index is 1290. The van der Waals surface area contributed by atoms with E-state index in [1.807, 2.05) is 48.8 Å². The number of benzene rings is 2. The van der Waals surface area contributed by atoms with Crippen molar-refractivity contribution in [2.24, 2.45) is 5.73 Å². The third-order valence-electron chi connectivity index (χ3n) is 5.69. The van der Waals surface area contributed by atoms with Crippen molar-refractivity contribution in [1.82, 2.24) is 14.5 Å². The Morgan fingerprint density at radius 1 is 1.10 bits per heavy atom. The number of amides is 1. The molecule has 0 spiro atoms. The maximum absolute atomic E-state index is 11.7. The van der Waals surface area contributed by atoms with Crippen molar-refractivity contribution in [2.45, 2.75) is 19.0 Å². The molecule has 2 aromatic carbocycles. The predicted octanol–water partition coefficient (Wildman–Crippen LogP) is 3.95. The van der Waals surface area contributed by atoms with Crippen molar-refractivity contribution in [3.8, 4) is 0 Å². The molecule has 30 heavy (non-hydrogen) atoms. The van der Waals surface area contributed by atoms with Crippen LogP contribution in [0.1, 0.15) is 28.4 Å². The summed E-state index contributed by atoms with van der Waals surface area (Å²) in [5, 5.41) is 3.67. The summed E-state index contributed by atoms with van der Waals surface area (Å²) in [5.74, 6) is -0.436. The van der Waals surface area contributed by atoms with Gasteiger partial charge in [-0.2, -0.15) is 0 Å². The molecule has 3 N–H and O–H groups in total. The minimum atomic E-state index is -0.583. The minimum Gasteiger partial charge on any atom is -0.366 e. The van der Waals surface area contributed by atoms with Gasteiger partial charge in [0, 0.05) is 17.4 Å². The third-order valence-corrected chi connectivity index (χ3v) is 5.69. The summed E-state index contributed by atoms with van der Waals surface area (Å²) < 4.78 is 2.07. The number of primary amides is 1. The number of pyridine rings is 1. The zero-order valence-corrected chi connectivity index (χ0v) is 16.5. The summed E-state index contributed by atoms with van der Waals surface area (Å²) in [7, 11) is 0. The number of carbonyl (C=O) groups is 1. The van der Waals surface area contributed by atoms with Crippen LogP contribution in [-0.4, -0.2) is 20.4 Å². The Morgan fingerprint density at radius 3 is 2.73 bits per heavy atom. The van der Waals surface area contributed by atoms with Crippen LogP contribution < -0.4 is 11.1 Å². The van der Waals surface area contributed by atoms with Gasteiger partial charge in [0.1, 0.15) is 11.2 Å². The van der Waals surface area contributed by atoms with Crippen molar-refractivity contribution in [3.63, 3.8) is 0 Å². The number of nitrogens with zero attached hydrogens (tertiary/aromatic N) is 3. The molecule has 1 aliphatic rings. The fraction of sp³-hybridized carbons (Fsp3) is 0.125. The summed E-state index contributed by atoms with van der Waals surface area (Å²) in [6, 6.07) is 19.6. The zero-order chi connectivity index (χ0) is 20.7. The first-order chi connectivity index (χ1) is 14.5. The molecule has 0 bridgehead atoms. The van der Waals surface area contributed by atoms with Crippen molar-refractivity contribution in [2.75, 3.05) is 5.32 Å². The van der Waals surface area contributed by atoms with E-state index < -0.39 is 11.6 Å². The monoisotopic (exact) mass is 395 g/mol.